The summed E-state index contributed by atoms with van der Waals surface area (Å²) < 4.78 is 0. The Labute approximate surface area is 58.4 Å². The summed E-state index contributed by atoms with van der Waals surface area (Å²) in [6, 6.07) is 0. The van der Waals surface area contributed by atoms with E-state index in [4.69, 9.17) is 22.6 Å². The van der Waals surface area contributed by atoms with Gasteiger partial charge in [-0.15, -0.1) is 5.10 Å². The first-order valence-electron chi connectivity index (χ1n) is 2.63. The van der Waals surface area contributed by atoms with Crippen molar-refractivity contribution in [2.75, 3.05) is 13.2 Å². The van der Waals surface area contributed by atoms with Gasteiger partial charge in [0.2, 0.25) is 5.96 Å². The fourth-order valence-electron chi connectivity index (χ4n) is 0.408. The van der Waals surface area contributed by atoms with Crippen LogP contribution in [0.3, 0.4) is 0 Å². The van der Waals surface area contributed by atoms with Crippen LogP contribution in [0.4, 0.5) is 0 Å². The van der Waals surface area contributed by atoms with Crippen molar-refractivity contribution < 1.29 is 5.11 Å². The van der Waals surface area contributed by atoms with Crippen LogP contribution >= 0.6 is 0 Å². The molecule has 0 aromatic rings. The molecule has 60 valence electrons. The van der Waals surface area contributed by atoms with Gasteiger partial charge < -0.3 is 10.9 Å². The summed E-state index contributed by atoms with van der Waals surface area (Å²) in [6.07, 6.45) is 0. The van der Waals surface area contributed by atoms with Gasteiger partial charge in [0.25, 0.3) is 0 Å². The Morgan fingerprint density at radius 1 is 1.70 bits per heavy atom. The van der Waals surface area contributed by atoms with E-state index in [1.54, 1.807) is 0 Å². The Morgan fingerprint density at radius 2 is 2.30 bits per heavy atom. The summed E-state index contributed by atoms with van der Waals surface area (Å²) in [7, 11) is 0. The number of hydrogen-bond donors (Lipinski definition) is 5. The third kappa shape index (κ3) is 2.49. The molecule has 0 saturated heterocycles. The minimum absolute atomic E-state index is 0.0861. The van der Waals surface area contributed by atoms with Gasteiger partial charge in [-0.1, -0.05) is 0 Å². The lowest BCUT2D eigenvalue weighted by atomic mass is 10.6. The fraction of sp³-hybridized carbons (Fsp3) is 0.667. The van der Waals surface area contributed by atoms with Crippen molar-refractivity contribution in [1.29, 1.82) is 0 Å². The van der Waals surface area contributed by atoms with Crippen molar-refractivity contribution >= 4 is 5.96 Å². The van der Waals surface area contributed by atoms with E-state index in [0.717, 1.165) is 5.01 Å². The first kappa shape index (κ1) is 8.95. The Kier molecular flexibility index (Phi) is 4.29. The zero-order valence-electron chi connectivity index (χ0n) is 5.49. The topological polar surface area (TPSA) is 126 Å². The number of nitrogens with zero attached hydrogens (tertiary/aromatic N) is 2. The lowest BCUT2D eigenvalue weighted by Gasteiger charge is -2.16. The molecule has 0 fully saturated rings. The van der Waals surface area contributed by atoms with E-state index < -0.39 is 0 Å². The van der Waals surface area contributed by atoms with Crippen LogP contribution in [0.2, 0.25) is 0 Å². The van der Waals surface area contributed by atoms with Gasteiger partial charge >= 0.3 is 0 Å². The maximum Gasteiger partial charge on any atom is 0.244 e. The average molecular weight is 148 g/mol. The summed E-state index contributed by atoms with van der Waals surface area (Å²) >= 11 is 0. The van der Waals surface area contributed by atoms with Gasteiger partial charge in [-0.05, 0) is 0 Å². The van der Waals surface area contributed by atoms with Crippen LogP contribution in [0.15, 0.2) is 5.10 Å². The number of aliphatic hydroxyl groups excluding tert-OH is 1. The van der Waals surface area contributed by atoms with Crippen LogP contribution in [0.5, 0.6) is 0 Å². The molecule has 0 radical (unpaired) electrons. The maximum absolute atomic E-state index is 8.39. The quantitative estimate of drug-likeness (QED) is 0.122. The van der Waals surface area contributed by atoms with Crippen molar-refractivity contribution in [3.63, 3.8) is 0 Å². The van der Waals surface area contributed by atoms with Gasteiger partial charge in [0.05, 0.1) is 13.2 Å². The average Bonchev–Trinajstić information content (AvgIpc) is 1.91. The number of hydrogen-bond acceptors (Lipinski definition) is 5. The van der Waals surface area contributed by atoms with E-state index in [2.05, 4.69) is 10.5 Å². The molecule has 0 heterocycles. The second-order valence-electron chi connectivity index (χ2n) is 1.51. The Morgan fingerprint density at radius 3 is 2.60 bits per heavy atom. The van der Waals surface area contributed by atoms with Gasteiger partial charge in [-0.3, -0.25) is 10.4 Å². The third-order valence-electron chi connectivity index (χ3n) is 0.864. The minimum atomic E-state index is -0.0861. The molecule has 0 amide bonds. The molecule has 0 atom stereocenters. The highest BCUT2D eigenvalue weighted by Crippen LogP contribution is 1.74. The Balaban J connectivity index is 3.77. The smallest absolute Gasteiger partial charge is 0.244 e. The molecule has 0 spiro atoms. The SMILES string of the molecule is N/N=C(\NN)N(N)CCO. The lowest BCUT2D eigenvalue weighted by molar-refractivity contribution is 0.248. The van der Waals surface area contributed by atoms with Crippen LogP contribution in [-0.2, 0) is 0 Å². The van der Waals surface area contributed by atoms with E-state index in [9.17, 15) is 0 Å². The number of rotatable bonds is 2. The summed E-state index contributed by atoms with van der Waals surface area (Å²) in [6.45, 7) is 0.136. The first-order valence-corrected chi connectivity index (χ1v) is 2.63. The highest BCUT2D eigenvalue weighted by atomic mass is 16.3. The normalized spacial score (nSPS) is 11.3. The van der Waals surface area contributed by atoms with Gasteiger partial charge in [-0.25, -0.2) is 11.7 Å². The van der Waals surface area contributed by atoms with Crippen molar-refractivity contribution in [2.45, 2.75) is 0 Å². The minimum Gasteiger partial charge on any atom is -0.394 e. The van der Waals surface area contributed by atoms with Crippen molar-refractivity contribution in [3.8, 4) is 0 Å². The molecule has 0 aromatic carbocycles. The monoisotopic (exact) mass is 148 g/mol. The Bertz CT molecular complexity index is 114. The standard InChI is InChI=1S/C3H12N6O/c4-7-3(8-5)9(6)1-2-10/h10H,1-2,4-6H2,(H,7,8). The fourth-order valence-corrected chi connectivity index (χ4v) is 0.408. The predicted molar refractivity (Wildman–Crippen MR) is 36.9 cm³/mol. The molecule has 10 heavy (non-hydrogen) atoms. The number of hydrazine groups is 2. The van der Waals surface area contributed by atoms with E-state index in [-0.39, 0.29) is 19.1 Å². The highest BCUT2D eigenvalue weighted by molar-refractivity contribution is 5.78. The van der Waals surface area contributed by atoms with Crippen LogP contribution in [-0.4, -0.2) is 29.2 Å². The van der Waals surface area contributed by atoms with Gasteiger partial charge in [0.15, 0.2) is 0 Å². The summed E-state index contributed by atoms with van der Waals surface area (Å²) in [5, 5.41) is 12.7. The maximum atomic E-state index is 8.39. The van der Waals surface area contributed by atoms with Crippen LogP contribution in [0, 0.1) is 0 Å². The molecule has 8 N–H and O–H groups in total. The lowest BCUT2D eigenvalue weighted by Crippen LogP contribution is -2.50. The number of guanidine groups is 1. The van der Waals surface area contributed by atoms with Gasteiger partial charge in [0.1, 0.15) is 0 Å². The molecule has 7 heteroatoms. The van der Waals surface area contributed by atoms with Crippen molar-refractivity contribution in [3.05, 3.63) is 0 Å². The molecule has 0 aliphatic rings. The molecule has 0 aromatic heterocycles. The number of nitrogens with one attached hydrogen (secondary N) is 1. The zero-order chi connectivity index (χ0) is 7.98. The summed E-state index contributed by atoms with van der Waals surface area (Å²) in [4.78, 5) is 0. The van der Waals surface area contributed by atoms with Crippen LogP contribution in [0.25, 0.3) is 0 Å². The Hall–Kier alpha value is -1.05. The van der Waals surface area contributed by atoms with Crippen molar-refractivity contribution in [2.24, 2.45) is 22.6 Å². The van der Waals surface area contributed by atoms with Crippen LogP contribution in [0.1, 0.15) is 0 Å². The molecule has 0 aliphatic carbocycles. The first-order chi connectivity index (χ1) is 4.76. The number of aliphatic hydroxyl groups is 1. The second kappa shape index (κ2) is 4.79. The predicted octanol–water partition coefficient (Wildman–Crippen LogP) is -3.15. The number of hydrazone groups is 1. The van der Waals surface area contributed by atoms with Crippen molar-refractivity contribution in [1.82, 2.24) is 10.4 Å². The van der Waals surface area contributed by atoms with E-state index in [1.807, 2.05) is 0 Å². The molecular formula is C3H12N6O. The molecule has 0 unspecified atom stereocenters. The number of nitrogens with two attached hydrogens (primary N) is 3. The van der Waals surface area contributed by atoms with Crippen LogP contribution < -0.4 is 23.0 Å². The largest absolute Gasteiger partial charge is 0.394 e. The summed E-state index contributed by atoms with van der Waals surface area (Å²) in [5.74, 6) is 15.2. The highest BCUT2D eigenvalue weighted by Gasteiger charge is 2.01. The molecule has 0 bridgehead atoms. The third-order valence-corrected chi connectivity index (χ3v) is 0.864. The molecule has 7 nitrogen and oxygen atoms in total. The molecular weight excluding hydrogens is 136 g/mol. The molecule has 0 rings (SSSR count). The molecule has 0 aliphatic heterocycles. The van der Waals surface area contributed by atoms with Gasteiger partial charge in [0, 0.05) is 0 Å². The summed E-state index contributed by atoms with van der Waals surface area (Å²) in [5.41, 5.74) is 2.15. The second-order valence-corrected chi connectivity index (χ2v) is 1.51. The molecule has 0 saturated carbocycles. The van der Waals surface area contributed by atoms with E-state index in [0.29, 0.717) is 0 Å². The van der Waals surface area contributed by atoms with E-state index in [1.165, 1.54) is 0 Å². The zero-order valence-corrected chi connectivity index (χ0v) is 5.49. The van der Waals surface area contributed by atoms with Gasteiger partial charge in [-0.2, -0.15) is 0 Å². The van der Waals surface area contributed by atoms with E-state index >= 15 is 0 Å².